The van der Waals surface area contributed by atoms with Crippen molar-refractivity contribution in [2.75, 3.05) is 0 Å². The molecule has 0 aliphatic heterocycles. The molecule has 0 saturated heterocycles. The number of phenolic OH excluding ortho intramolecular Hbond substituents is 2. The van der Waals surface area contributed by atoms with Gasteiger partial charge in [0.25, 0.3) is 0 Å². The number of esters is 2. The van der Waals surface area contributed by atoms with Gasteiger partial charge in [0.15, 0.2) is 0 Å². The number of carbonyl (C=O) groups is 2. The highest BCUT2D eigenvalue weighted by atomic mass is 16.6. The summed E-state index contributed by atoms with van der Waals surface area (Å²) in [6.07, 6.45) is 5.31. The molecule has 4 fully saturated rings. The first kappa shape index (κ1) is 32.1. The third-order valence-corrected chi connectivity index (χ3v) is 12.1. The van der Waals surface area contributed by atoms with Crippen LogP contribution >= 0.6 is 0 Å². The van der Waals surface area contributed by atoms with Crippen LogP contribution in [0.2, 0.25) is 0 Å². The summed E-state index contributed by atoms with van der Waals surface area (Å²) in [6.45, 7) is 12.4. The van der Waals surface area contributed by atoms with E-state index in [2.05, 4.69) is 20.8 Å². The predicted octanol–water partition coefficient (Wildman–Crippen LogP) is 5.98. The zero-order chi connectivity index (χ0) is 31.5. The molecule has 0 spiro atoms. The lowest BCUT2D eigenvalue weighted by molar-refractivity contribution is -0.207. The summed E-state index contributed by atoms with van der Waals surface area (Å²) in [6, 6.07) is 3.75. The SMILES string of the molecule is C[C@H](CCC(=O)OC(C)(C)C)[C@H]1CCC2C3C(C[C@H](O)[C@@]21C)[C@@]1(C)CC[C@@H](OC(=O)c2cc(O)cc(O)c2)CC1C[C@H]3O. The standard InChI is InChI=1S/C35H52O8/c1-19(7-10-30(40)43-33(2,3)4)25-8-9-26-31-27(18-29(39)35(25,26)6)34(5)12-11-24(15-21(34)16-28(31)38)42-32(41)20-13-22(36)17-23(37)14-20/h13-14,17,19,21,24-29,31,36-39H,7-12,15-16,18H2,1-6H3/t19-,21?,24-,25-,26?,27?,28-,29+,31?,34+,35-/m1/s1. The quantitative estimate of drug-likeness (QED) is 0.293. The maximum absolute atomic E-state index is 12.8. The molecule has 4 aliphatic carbocycles. The fraction of sp³-hybridized carbons (Fsp3) is 0.771. The lowest BCUT2D eigenvalue weighted by Crippen LogP contribution is -2.62. The van der Waals surface area contributed by atoms with E-state index in [0.29, 0.717) is 32.1 Å². The fourth-order valence-corrected chi connectivity index (χ4v) is 10.1. The number of hydrogen-bond acceptors (Lipinski definition) is 8. The first-order valence-electron chi connectivity index (χ1n) is 16.3. The Labute approximate surface area is 256 Å². The van der Waals surface area contributed by atoms with E-state index >= 15 is 0 Å². The Morgan fingerprint density at radius 3 is 2.30 bits per heavy atom. The van der Waals surface area contributed by atoms with Crippen molar-refractivity contribution in [2.45, 2.75) is 123 Å². The lowest BCUT2D eigenvalue weighted by atomic mass is 9.43. The molecule has 4 saturated carbocycles. The zero-order valence-corrected chi connectivity index (χ0v) is 26.7. The van der Waals surface area contributed by atoms with Crippen LogP contribution in [0.1, 0.15) is 110 Å². The summed E-state index contributed by atoms with van der Waals surface area (Å²) in [4.78, 5) is 25.3. The Balaban J connectivity index is 1.27. The van der Waals surface area contributed by atoms with Crippen molar-refractivity contribution in [3.8, 4) is 11.5 Å². The predicted molar refractivity (Wildman–Crippen MR) is 161 cm³/mol. The van der Waals surface area contributed by atoms with E-state index in [1.807, 2.05) is 20.8 Å². The monoisotopic (exact) mass is 600 g/mol. The molecule has 11 atom stereocenters. The van der Waals surface area contributed by atoms with Crippen molar-refractivity contribution in [1.82, 2.24) is 0 Å². The number of ether oxygens (including phenoxy) is 2. The third kappa shape index (κ3) is 6.03. The van der Waals surface area contributed by atoms with Crippen LogP contribution in [0.4, 0.5) is 0 Å². The van der Waals surface area contributed by atoms with Gasteiger partial charge in [-0.05, 0) is 131 Å². The number of carbonyl (C=O) groups excluding carboxylic acids is 2. The van der Waals surface area contributed by atoms with E-state index < -0.39 is 23.8 Å². The Morgan fingerprint density at radius 1 is 0.977 bits per heavy atom. The van der Waals surface area contributed by atoms with Crippen molar-refractivity contribution in [3.63, 3.8) is 0 Å². The largest absolute Gasteiger partial charge is 0.508 e. The van der Waals surface area contributed by atoms with Gasteiger partial charge in [-0.2, -0.15) is 0 Å². The van der Waals surface area contributed by atoms with Crippen molar-refractivity contribution in [1.29, 1.82) is 0 Å². The molecule has 4 N–H and O–H groups in total. The number of benzene rings is 1. The average molecular weight is 601 g/mol. The van der Waals surface area contributed by atoms with E-state index in [4.69, 9.17) is 9.47 Å². The topological polar surface area (TPSA) is 134 Å². The molecular formula is C35H52O8. The number of phenols is 2. The Kier molecular flexibility index (Phi) is 8.62. The minimum Gasteiger partial charge on any atom is -0.508 e. The maximum Gasteiger partial charge on any atom is 0.338 e. The third-order valence-electron chi connectivity index (χ3n) is 12.1. The molecule has 0 radical (unpaired) electrons. The van der Waals surface area contributed by atoms with Crippen LogP contribution < -0.4 is 0 Å². The highest BCUT2D eigenvalue weighted by Gasteiger charge is 2.65. The van der Waals surface area contributed by atoms with Crippen molar-refractivity contribution in [3.05, 3.63) is 23.8 Å². The Morgan fingerprint density at radius 2 is 1.65 bits per heavy atom. The number of aliphatic hydroxyl groups excluding tert-OH is 2. The van der Waals surface area contributed by atoms with Crippen LogP contribution in [0.3, 0.4) is 0 Å². The summed E-state index contributed by atoms with van der Waals surface area (Å²) in [5.41, 5.74) is -0.765. The van der Waals surface area contributed by atoms with Gasteiger partial charge < -0.3 is 29.9 Å². The molecule has 240 valence electrons. The molecule has 0 amide bonds. The van der Waals surface area contributed by atoms with Crippen molar-refractivity contribution >= 4 is 11.9 Å². The van der Waals surface area contributed by atoms with Crippen molar-refractivity contribution < 1.29 is 39.5 Å². The summed E-state index contributed by atoms with van der Waals surface area (Å²) >= 11 is 0. The highest BCUT2D eigenvalue weighted by molar-refractivity contribution is 5.90. The fourth-order valence-electron chi connectivity index (χ4n) is 10.1. The molecule has 0 bridgehead atoms. The minimum atomic E-state index is -0.573. The maximum atomic E-state index is 12.8. The first-order chi connectivity index (χ1) is 20.0. The minimum absolute atomic E-state index is 0.0706. The second-order valence-corrected chi connectivity index (χ2v) is 15.7. The number of aliphatic hydroxyl groups is 2. The van der Waals surface area contributed by atoms with Crippen LogP contribution in [-0.4, -0.2) is 56.3 Å². The number of aromatic hydroxyl groups is 2. The molecule has 4 aliphatic rings. The van der Waals surface area contributed by atoms with E-state index in [-0.39, 0.29) is 75.5 Å². The summed E-state index contributed by atoms with van der Waals surface area (Å²) in [7, 11) is 0. The molecule has 4 unspecified atom stereocenters. The van der Waals surface area contributed by atoms with Gasteiger partial charge in [-0.3, -0.25) is 4.79 Å². The number of fused-ring (bicyclic) bond motifs is 5. The van der Waals surface area contributed by atoms with Gasteiger partial charge in [0.05, 0.1) is 17.8 Å². The van der Waals surface area contributed by atoms with Crippen molar-refractivity contribution in [2.24, 2.45) is 46.3 Å². The smallest absolute Gasteiger partial charge is 0.338 e. The molecule has 0 aromatic heterocycles. The normalized spacial score (nSPS) is 39.6. The number of hydrogen-bond donors (Lipinski definition) is 4. The van der Waals surface area contributed by atoms with Crippen LogP contribution in [0.15, 0.2) is 18.2 Å². The Bertz CT molecular complexity index is 1190. The highest BCUT2D eigenvalue weighted by Crippen LogP contribution is 2.68. The summed E-state index contributed by atoms with van der Waals surface area (Å²) < 4.78 is 11.4. The Hall–Kier alpha value is -2.32. The molecule has 1 aromatic carbocycles. The average Bonchev–Trinajstić information content (AvgIpc) is 3.25. The van der Waals surface area contributed by atoms with E-state index in [1.165, 1.54) is 18.2 Å². The van der Waals surface area contributed by atoms with Gasteiger partial charge in [0, 0.05) is 12.5 Å². The van der Waals surface area contributed by atoms with Crippen LogP contribution in [-0.2, 0) is 14.3 Å². The second-order valence-electron chi connectivity index (χ2n) is 15.7. The molecule has 43 heavy (non-hydrogen) atoms. The number of rotatable bonds is 6. The van der Waals surface area contributed by atoms with Crippen LogP contribution in [0, 0.1) is 46.3 Å². The first-order valence-corrected chi connectivity index (χ1v) is 16.3. The summed E-state index contributed by atoms with van der Waals surface area (Å²) in [5.74, 6) is 0.0837. The summed E-state index contributed by atoms with van der Waals surface area (Å²) in [5, 5.41) is 43.1. The van der Waals surface area contributed by atoms with Gasteiger partial charge in [0.1, 0.15) is 23.2 Å². The van der Waals surface area contributed by atoms with Gasteiger partial charge in [-0.25, -0.2) is 4.79 Å². The van der Waals surface area contributed by atoms with Crippen LogP contribution in [0.5, 0.6) is 11.5 Å². The zero-order valence-electron chi connectivity index (χ0n) is 26.7. The molecule has 8 nitrogen and oxygen atoms in total. The molecule has 1 aromatic rings. The van der Waals surface area contributed by atoms with Crippen LogP contribution in [0.25, 0.3) is 0 Å². The van der Waals surface area contributed by atoms with Gasteiger partial charge in [-0.1, -0.05) is 20.8 Å². The molecule has 0 heterocycles. The lowest BCUT2D eigenvalue weighted by Gasteiger charge is -2.63. The van der Waals surface area contributed by atoms with Gasteiger partial charge >= 0.3 is 11.9 Å². The molecule has 8 heteroatoms. The molecular weight excluding hydrogens is 548 g/mol. The van der Waals surface area contributed by atoms with Gasteiger partial charge in [0.2, 0.25) is 0 Å². The van der Waals surface area contributed by atoms with E-state index in [9.17, 15) is 30.0 Å². The molecule has 5 rings (SSSR count). The van der Waals surface area contributed by atoms with E-state index in [0.717, 1.165) is 25.7 Å². The van der Waals surface area contributed by atoms with Gasteiger partial charge in [-0.15, -0.1) is 0 Å². The second kappa shape index (κ2) is 11.6. The van der Waals surface area contributed by atoms with E-state index in [1.54, 1.807) is 0 Å².